The minimum absolute atomic E-state index is 0.100. The summed E-state index contributed by atoms with van der Waals surface area (Å²) in [6, 6.07) is 7.68. The Bertz CT molecular complexity index is 1160. The molecule has 4 rings (SSSR count). The predicted octanol–water partition coefficient (Wildman–Crippen LogP) is 1.51. The molecule has 1 saturated heterocycles. The van der Waals surface area contributed by atoms with E-state index in [1.165, 1.54) is 29.1 Å². The molecule has 0 aliphatic carbocycles. The Kier molecular flexibility index (Phi) is 6.22. The van der Waals surface area contributed by atoms with Gasteiger partial charge in [-0.2, -0.15) is 0 Å². The van der Waals surface area contributed by atoms with Crippen LogP contribution in [0.25, 0.3) is 11.1 Å². The van der Waals surface area contributed by atoms with Crippen LogP contribution in [-0.4, -0.2) is 64.1 Å². The number of ether oxygens (including phenoxy) is 1. The van der Waals surface area contributed by atoms with Crippen LogP contribution in [-0.2, 0) is 16.1 Å². The van der Waals surface area contributed by atoms with Crippen LogP contribution >= 0.6 is 0 Å². The van der Waals surface area contributed by atoms with Crippen molar-refractivity contribution in [3.8, 4) is 11.1 Å². The zero-order valence-electron chi connectivity index (χ0n) is 17.8. The van der Waals surface area contributed by atoms with Crippen molar-refractivity contribution in [3.63, 3.8) is 0 Å². The largest absolute Gasteiger partial charge is 0.368 e. The molecule has 10 heteroatoms. The highest BCUT2D eigenvalue weighted by molar-refractivity contribution is 5.76. The number of rotatable bonds is 5. The Morgan fingerprint density at radius 3 is 2.75 bits per heavy atom. The molecule has 3 heterocycles. The molecular formula is C22H23FN6O3. The molecule has 166 valence electrons. The van der Waals surface area contributed by atoms with Crippen LogP contribution in [0.5, 0.6) is 0 Å². The Morgan fingerprint density at radius 1 is 1.25 bits per heavy atom. The van der Waals surface area contributed by atoms with Crippen molar-refractivity contribution in [1.82, 2.24) is 24.4 Å². The minimum atomic E-state index is -0.500. The van der Waals surface area contributed by atoms with Gasteiger partial charge in [0.1, 0.15) is 18.5 Å². The predicted molar refractivity (Wildman–Crippen MR) is 116 cm³/mol. The SMILES string of the molecule is CN(C)c1ncc(-c2ccc(F)cc2)c(C2CN(C(=O)Cn3cccnc3=O)CCO2)n1. The van der Waals surface area contributed by atoms with Crippen molar-refractivity contribution in [2.24, 2.45) is 0 Å². The summed E-state index contributed by atoms with van der Waals surface area (Å²) in [5.74, 6) is -0.0455. The first-order valence-corrected chi connectivity index (χ1v) is 10.1. The fraction of sp³-hybridized carbons (Fsp3) is 0.318. The van der Waals surface area contributed by atoms with Crippen LogP contribution in [0, 0.1) is 5.82 Å². The number of anilines is 1. The van der Waals surface area contributed by atoms with Gasteiger partial charge in [-0.15, -0.1) is 0 Å². The summed E-state index contributed by atoms with van der Waals surface area (Å²) in [4.78, 5) is 40.9. The number of halogens is 1. The van der Waals surface area contributed by atoms with Crippen molar-refractivity contribution < 1.29 is 13.9 Å². The average molecular weight is 438 g/mol. The second-order valence-electron chi connectivity index (χ2n) is 7.60. The molecule has 0 N–H and O–H groups in total. The van der Waals surface area contributed by atoms with Gasteiger partial charge in [0.15, 0.2) is 0 Å². The molecule has 1 aromatic carbocycles. The summed E-state index contributed by atoms with van der Waals surface area (Å²) < 4.78 is 20.7. The molecule has 1 unspecified atom stereocenters. The number of hydrogen-bond donors (Lipinski definition) is 0. The van der Waals surface area contributed by atoms with Gasteiger partial charge in [0.05, 0.1) is 18.8 Å². The first-order valence-electron chi connectivity index (χ1n) is 10.1. The van der Waals surface area contributed by atoms with E-state index in [9.17, 15) is 14.0 Å². The number of hydrogen-bond acceptors (Lipinski definition) is 7. The number of aromatic nitrogens is 4. The van der Waals surface area contributed by atoms with Gasteiger partial charge in [0.2, 0.25) is 11.9 Å². The maximum Gasteiger partial charge on any atom is 0.347 e. The highest BCUT2D eigenvalue weighted by atomic mass is 19.1. The Morgan fingerprint density at radius 2 is 2.03 bits per heavy atom. The van der Waals surface area contributed by atoms with Crippen molar-refractivity contribution in [2.75, 3.05) is 38.7 Å². The molecule has 1 amide bonds. The maximum absolute atomic E-state index is 13.4. The van der Waals surface area contributed by atoms with Crippen LogP contribution in [0.2, 0.25) is 0 Å². The first-order chi connectivity index (χ1) is 15.4. The Balaban J connectivity index is 1.62. The third-order valence-electron chi connectivity index (χ3n) is 5.17. The zero-order chi connectivity index (χ0) is 22.7. The molecule has 0 saturated carbocycles. The summed E-state index contributed by atoms with van der Waals surface area (Å²) in [7, 11) is 3.67. The van der Waals surface area contributed by atoms with Gasteiger partial charge in [0.25, 0.3) is 0 Å². The molecule has 0 bridgehead atoms. The first kappa shape index (κ1) is 21.6. The summed E-state index contributed by atoms with van der Waals surface area (Å²) in [5.41, 5.74) is 1.60. The highest BCUT2D eigenvalue weighted by Crippen LogP contribution is 2.31. The Labute approximate surface area is 184 Å². The van der Waals surface area contributed by atoms with Crippen molar-refractivity contribution in [1.29, 1.82) is 0 Å². The number of amides is 1. The van der Waals surface area contributed by atoms with Crippen LogP contribution in [0.15, 0.2) is 53.7 Å². The molecule has 1 aliphatic rings. The second kappa shape index (κ2) is 9.23. The number of nitrogens with zero attached hydrogens (tertiary/aromatic N) is 6. The van der Waals surface area contributed by atoms with Gasteiger partial charge in [-0.3, -0.25) is 9.36 Å². The number of morpholine rings is 1. The van der Waals surface area contributed by atoms with E-state index < -0.39 is 11.8 Å². The van der Waals surface area contributed by atoms with Crippen LogP contribution in [0.3, 0.4) is 0 Å². The average Bonchev–Trinajstić information content (AvgIpc) is 2.81. The number of benzene rings is 1. The second-order valence-corrected chi connectivity index (χ2v) is 7.60. The van der Waals surface area contributed by atoms with E-state index in [0.29, 0.717) is 30.4 Å². The van der Waals surface area contributed by atoms with Gasteiger partial charge < -0.3 is 14.5 Å². The summed E-state index contributed by atoms with van der Waals surface area (Å²) in [6.45, 7) is 0.896. The fourth-order valence-corrected chi connectivity index (χ4v) is 3.49. The monoisotopic (exact) mass is 438 g/mol. The summed E-state index contributed by atoms with van der Waals surface area (Å²) in [6.07, 6.45) is 4.11. The lowest BCUT2D eigenvalue weighted by molar-refractivity contribution is -0.139. The molecule has 1 fully saturated rings. The summed E-state index contributed by atoms with van der Waals surface area (Å²) >= 11 is 0. The quantitative estimate of drug-likeness (QED) is 0.596. The van der Waals surface area contributed by atoms with Crippen LogP contribution in [0.4, 0.5) is 10.3 Å². The van der Waals surface area contributed by atoms with Gasteiger partial charge in [-0.05, 0) is 23.8 Å². The molecule has 3 aromatic rings. The van der Waals surface area contributed by atoms with Crippen LogP contribution in [0.1, 0.15) is 11.8 Å². The third-order valence-corrected chi connectivity index (χ3v) is 5.17. The number of carbonyl (C=O) groups excluding carboxylic acids is 1. The molecule has 0 spiro atoms. The minimum Gasteiger partial charge on any atom is -0.368 e. The van der Waals surface area contributed by atoms with Gasteiger partial charge >= 0.3 is 5.69 Å². The Hall–Kier alpha value is -3.66. The molecule has 32 heavy (non-hydrogen) atoms. The number of carbonyl (C=O) groups is 1. The van der Waals surface area contributed by atoms with E-state index >= 15 is 0 Å². The lowest BCUT2D eigenvalue weighted by Crippen LogP contribution is -2.45. The van der Waals surface area contributed by atoms with E-state index in [1.54, 1.807) is 34.2 Å². The van der Waals surface area contributed by atoms with Crippen molar-refractivity contribution >= 4 is 11.9 Å². The van der Waals surface area contributed by atoms with Crippen molar-refractivity contribution in [2.45, 2.75) is 12.6 Å². The normalized spacial score (nSPS) is 16.1. The molecule has 1 atom stereocenters. The lowest BCUT2D eigenvalue weighted by atomic mass is 10.0. The zero-order valence-corrected chi connectivity index (χ0v) is 17.8. The molecule has 9 nitrogen and oxygen atoms in total. The smallest absolute Gasteiger partial charge is 0.347 e. The van der Waals surface area contributed by atoms with E-state index in [0.717, 1.165) is 5.56 Å². The lowest BCUT2D eigenvalue weighted by Gasteiger charge is -2.33. The van der Waals surface area contributed by atoms with Crippen molar-refractivity contribution in [3.05, 3.63) is 70.9 Å². The van der Waals surface area contributed by atoms with E-state index in [2.05, 4.69) is 15.0 Å². The molecule has 2 aromatic heterocycles. The topological polar surface area (TPSA) is 93.5 Å². The molecular weight excluding hydrogens is 415 g/mol. The fourth-order valence-electron chi connectivity index (χ4n) is 3.49. The molecule has 0 radical (unpaired) electrons. The van der Waals surface area contributed by atoms with Gasteiger partial charge in [0, 0.05) is 44.8 Å². The van der Waals surface area contributed by atoms with E-state index in [4.69, 9.17) is 4.74 Å². The summed E-state index contributed by atoms with van der Waals surface area (Å²) in [5, 5.41) is 0. The standard InChI is InChI=1S/C22H23FN6O3/c1-27(2)21-25-12-17(15-4-6-16(23)7-5-15)20(26-21)18-13-28(10-11-32-18)19(30)14-29-9-3-8-24-22(29)31/h3-9,12,18H,10-11,13-14H2,1-2H3. The molecule has 1 aliphatic heterocycles. The maximum atomic E-state index is 13.4. The van der Waals surface area contributed by atoms with E-state index in [-0.39, 0.29) is 24.8 Å². The van der Waals surface area contributed by atoms with E-state index in [1.807, 2.05) is 14.1 Å². The highest BCUT2D eigenvalue weighted by Gasteiger charge is 2.29. The van der Waals surface area contributed by atoms with Gasteiger partial charge in [-0.25, -0.2) is 24.1 Å². The third kappa shape index (κ3) is 4.65. The van der Waals surface area contributed by atoms with Gasteiger partial charge in [-0.1, -0.05) is 12.1 Å². The van der Waals surface area contributed by atoms with Crippen LogP contribution < -0.4 is 10.6 Å².